The van der Waals surface area contributed by atoms with Gasteiger partial charge in [0, 0.05) is 24.1 Å². The average Bonchev–Trinajstić information content (AvgIpc) is 2.94. The third-order valence-corrected chi connectivity index (χ3v) is 3.60. The van der Waals surface area contributed by atoms with Crippen LogP contribution in [0.5, 0.6) is 5.75 Å². The van der Waals surface area contributed by atoms with E-state index in [4.69, 9.17) is 0 Å². The summed E-state index contributed by atoms with van der Waals surface area (Å²) in [4.78, 5) is 23.7. The SMILES string of the molecule is CC(=O)n1cc(/C=N\NC(=O)c2ccccc2O)c2ccccc21. The van der Waals surface area contributed by atoms with E-state index in [9.17, 15) is 14.7 Å². The van der Waals surface area contributed by atoms with Crippen molar-refractivity contribution in [3.63, 3.8) is 0 Å². The molecule has 2 aromatic carbocycles. The number of hydrogen-bond donors (Lipinski definition) is 2. The molecule has 6 heteroatoms. The molecular formula is C18H15N3O3. The van der Waals surface area contributed by atoms with Gasteiger partial charge >= 0.3 is 0 Å². The van der Waals surface area contributed by atoms with E-state index in [1.54, 1.807) is 18.3 Å². The molecule has 1 heterocycles. The molecule has 0 bridgehead atoms. The van der Waals surface area contributed by atoms with Gasteiger partial charge in [-0.1, -0.05) is 30.3 Å². The number of amides is 1. The number of carbonyl (C=O) groups is 2. The Bertz CT molecular complexity index is 957. The summed E-state index contributed by atoms with van der Waals surface area (Å²) in [6.45, 7) is 1.48. The van der Waals surface area contributed by atoms with E-state index >= 15 is 0 Å². The zero-order valence-corrected chi connectivity index (χ0v) is 12.9. The van der Waals surface area contributed by atoms with E-state index in [2.05, 4.69) is 10.5 Å². The molecule has 0 aliphatic rings. The predicted molar refractivity (Wildman–Crippen MR) is 91.4 cm³/mol. The third kappa shape index (κ3) is 2.89. The minimum atomic E-state index is -0.514. The lowest BCUT2D eigenvalue weighted by molar-refractivity contribution is 0.0936. The Balaban J connectivity index is 1.85. The number of carbonyl (C=O) groups excluding carboxylic acids is 2. The van der Waals surface area contributed by atoms with Gasteiger partial charge in [0.25, 0.3) is 5.91 Å². The van der Waals surface area contributed by atoms with Gasteiger partial charge in [-0.2, -0.15) is 5.10 Å². The number of aromatic nitrogens is 1. The number of nitrogens with one attached hydrogen (secondary N) is 1. The fraction of sp³-hybridized carbons (Fsp3) is 0.0556. The van der Waals surface area contributed by atoms with Crippen LogP contribution in [0.15, 0.2) is 59.8 Å². The molecule has 3 rings (SSSR count). The Morgan fingerprint density at radius 1 is 1.12 bits per heavy atom. The van der Waals surface area contributed by atoms with Crippen molar-refractivity contribution in [1.82, 2.24) is 9.99 Å². The Kier molecular flexibility index (Phi) is 4.11. The molecule has 0 saturated heterocycles. The number of benzene rings is 2. The average molecular weight is 321 g/mol. The summed E-state index contributed by atoms with van der Waals surface area (Å²) in [6.07, 6.45) is 3.14. The highest BCUT2D eigenvalue weighted by molar-refractivity contribution is 6.04. The molecule has 0 saturated carbocycles. The number of nitrogens with zero attached hydrogens (tertiary/aromatic N) is 2. The summed E-state index contributed by atoms with van der Waals surface area (Å²) in [7, 11) is 0. The number of aromatic hydroxyl groups is 1. The van der Waals surface area contributed by atoms with Gasteiger partial charge in [0.2, 0.25) is 5.91 Å². The van der Waals surface area contributed by atoms with Crippen LogP contribution in [0.1, 0.15) is 27.6 Å². The Hall–Kier alpha value is -3.41. The number of rotatable bonds is 3. The van der Waals surface area contributed by atoms with Gasteiger partial charge in [-0.25, -0.2) is 5.43 Å². The molecule has 0 aliphatic heterocycles. The molecule has 1 amide bonds. The monoisotopic (exact) mass is 321 g/mol. The highest BCUT2D eigenvalue weighted by Crippen LogP contribution is 2.20. The molecule has 0 unspecified atom stereocenters. The minimum absolute atomic E-state index is 0.107. The molecule has 0 spiro atoms. The van der Waals surface area contributed by atoms with Crippen LogP contribution < -0.4 is 5.43 Å². The second-order valence-corrected chi connectivity index (χ2v) is 5.21. The van der Waals surface area contributed by atoms with Gasteiger partial charge in [-0.05, 0) is 18.2 Å². The van der Waals surface area contributed by atoms with Gasteiger partial charge < -0.3 is 5.11 Å². The highest BCUT2D eigenvalue weighted by Gasteiger charge is 2.10. The smallest absolute Gasteiger partial charge is 0.275 e. The number of phenolic OH excluding ortho intramolecular Hbond substituents is 1. The Labute approximate surface area is 138 Å². The topological polar surface area (TPSA) is 83.7 Å². The molecule has 0 atom stereocenters. The maximum absolute atomic E-state index is 12.0. The maximum atomic E-state index is 12.0. The number of para-hydroxylation sites is 2. The molecule has 6 nitrogen and oxygen atoms in total. The first-order chi connectivity index (χ1) is 11.6. The van der Waals surface area contributed by atoms with Crippen LogP contribution in [0.4, 0.5) is 0 Å². The number of hydrazone groups is 1. The lowest BCUT2D eigenvalue weighted by Crippen LogP contribution is -2.17. The van der Waals surface area contributed by atoms with Crippen molar-refractivity contribution in [2.24, 2.45) is 5.10 Å². The second kappa shape index (κ2) is 6.37. The first-order valence-electron chi connectivity index (χ1n) is 7.30. The number of phenols is 1. The first-order valence-corrected chi connectivity index (χ1v) is 7.30. The predicted octanol–water partition coefficient (Wildman–Crippen LogP) is 2.77. The molecule has 3 aromatic rings. The fourth-order valence-corrected chi connectivity index (χ4v) is 2.46. The standard InChI is InChI=1S/C18H15N3O3/c1-12(22)21-11-13(14-6-2-4-8-16(14)21)10-19-20-18(24)15-7-3-5-9-17(15)23/h2-11,23H,1H3,(H,20,24)/b19-10-. The van der Waals surface area contributed by atoms with E-state index in [0.717, 1.165) is 10.9 Å². The van der Waals surface area contributed by atoms with E-state index in [1.807, 2.05) is 24.3 Å². The van der Waals surface area contributed by atoms with Crippen molar-refractivity contribution in [2.75, 3.05) is 0 Å². The summed E-state index contributed by atoms with van der Waals surface area (Å²) in [6, 6.07) is 13.6. The molecular weight excluding hydrogens is 306 g/mol. The van der Waals surface area contributed by atoms with E-state index in [1.165, 1.54) is 29.8 Å². The quantitative estimate of drug-likeness (QED) is 0.575. The lowest BCUT2D eigenvalue weighted by atomic mass is 10.2. The fourth-order valence-electron chi connectivity index (χ4n) is 2.46. The molecule has 24 heavy (non-hydrogen) atoms. The highest BCUT2D eigenvalue weighted by atomic mass is 16.3. The lowest BCUT2D eigenvalue weighted by Gasteiger charge is -2.01. The van der Waals surface area contributed by atoms with Gasteiger partial charge in [-0.3, -0.25) is 14.2 Å². The summed E-state index contributed by atoms with van der Waals surface area (Å²) >= 11 is 0. The molecule has 0 radical (unpaired) electrons. The third-order valence-electron chi connectivity index (χ3n) is 3.60. The number of fused-ring (bicyclic) bond motifs is 1. The van der Waals surface area contributed by atoms with Crippen molar-refractivity contribution in [2.45, 2.75) is 6.92 Å². The van der Waals surface area contributed by atoms with E-state index in [0.29, 0.717) is 5.56 Å². The maximum Gasteiger partial charge on any atom is 0.275 e. The molecule has 0 fully saturated rings. The summed E-state index contributed by atoms with van der Waals surface area (Å²) in [5, 5.41) is 14.4. The Morgan fingerprint density at radius 3 is 2.58 bits per heavy atom. The second-order valence-electron chi connectivity index (χ2n) is 5.21. The van der Waals surface area contributed by atoms with Crippen LogP contribution in [0.25, 0.3) is 10.9 Å². The van der Waals surface area contributed by atoms with Crippen LogP contribution in [-0.4, -0.2) is 27.7 Å². The Morgan fingerprint density at radius 2 is 1.83 bits per heavy atom. The summed E-state index contributed by atoms with van der Waals surface area (Å²) in [5.74, 6) is -0.734. The van der Waals surface area contributed by atoms with Crippen LogP contribution >= 0.6 is 0 Å². The van der Waals surface area contributed by atoms with E-state index < -0.39 is 5.91 Å². The molecule has 120 valence electrons. The van der Waals surface area contributed by atoms with Gasteiger partial charge in [-0.15, -0.1) is 0 Å². The number of hydrogen-bond acceptors (Lipinski definition) is 4. The summed E-state index contributed by atoms with van der Waals surface area (Å²) in [5.41, 5.74) is 3.99. The first kappa shape index (κ1) is 15.5. The van der Waals surface area contributed by atoms with Gasteiger partial charge in [0.1, 0.15) is 5.75 Å². The van der Waals surface area contributed by atoms with Crippen LogP contribution in [0, 0.1) is 0 Å². The molecule has 0 aliphatic carbocycles. The largest absolute Gasteiger partial charge is 0.507 e. The van der Waals surface area contributed by atoms with Crippen LogP contribution in [0.2, 0.25) is 0 Å². The van der Waals surface area contributed by atoms with Gasteiger partial charge in [0.05, 0.1) is 17.3 Å². The van der Waals surface area contributed by atoms with Crippen LogP contribution in [0.3, 0.4) is 0 Å². The normalized spacial score (nSPS) is 11.0. The molecule has 1 aromatic heterocycles. The van der Waals surface area contributed by atoms with Crippen molar-refractivity contribution < 1.29 is 14.7 Å². The minimum Gasteiger partial charge on any atom is -0.507 e. The zero-order valence-electron chi connectivity index (χ0n) is 12.9. The van der Waals surface area contributed by atoms with Crippen molar-refractivity contribution in [3.8, 4) is 5.75 Å². The van der Waals surface area contributed by atoms with Crippen molar-refractivity contribution >= 4 is 28.9 Å². The zero-order chi connectivity index (χ0) is 17.1. The van der Waals surface area contributed by atoms with Crippen molar-refractivity contribution in [1.29, 1.82) is 0 Å². The van der Waals surface area contributed by atoms with E-state index in [-0.39, 0.29) is 17.2 Å². The molecule has 2 N–H and O–H groups in total. The summed E-state index contributed by atoms with van der Waals surface area (Å²) < 4.78 is 1.53. The van der Waals surface area contributed by atoms with Gasteiger partial charge in [0.15, 0.2) is 0 Å². The van der Waals surface area contributed by atoms with Crippen LogP contribution in [-0.2, 0) is 0 Å². The van der Waals surface area contributed by atoms with Crippen molar-refractivity contribution in [3.05, 3.63) is 65.9 Å².